The third-order valence-corrected chi connectivity index (χ3v) is 2.77. The van der Waals surface area contributed by atoms with Crippen molar-refractivity contribution in [3.63, 3.8) is 0 Å². The Kier molecular flexibility index (Phi) is 3.34. The van der Waals surface area contributed by atoms with Gasteiger partial charge < -0.3 is 15.8 Å². The number of nitrogen functional groups attached to an aromatic ring is 1. The van der Waals surface area contributed by atoms with Crippen LogP contribution in [0, 0.1) is 0 Å². The van der Waals surface area contributed by atoms with Crippen molar-refractivity contribution >= 4 is 23.0 Å². The fraction of sp³-hybridized carbons (Fsp3) is 0.455. The summed E-state index contributed by atoms with van der Waals surface area (Å²) in [6.45, 7) is 1.61. The van der Waals surface area contributed by atoms with E-state index in [9.17, 15) is 0 Å². The fourth-order valence-corrected chi connectivity index (χ4v) is 1.90. The average Bonchev–Trinajstić information content (AvgIpc) is 2.25. The van der Waals surface area contributed by atoms with Gasteiger partial charge in [0, 0.05) is 17.7 Å². The van der Waals surface area contributed by atoms with Gasteiger partial charge in [0.15, 0.2) is 0 Å². The van der Waals surface area contributed by atoms with E-state index >= 15 is 0 Å². The molecule has 3 N–H and O–H groups in total. The molecule has 0 radical (unpaired) electrons. The Morgan fingerprint density at radius 1 is 1.47 bits per heavy atom. The molecule has 15 heavy (non-hydrogen) atoms. The molecule has 1 aliphatic rings. The van der Waals surface area contributed by atoms with Crippen molar-refractivity contribution in [3.8, 4) is 0 Å². The summed E-state index contributed by atoms with van der Waals surface area (Å²) in [6.07, 6.45) is 2.21. The molecule has 0 saturated carbocycles. The van der Waals surface area contributed by atoms with E-state index in [4.69, 9.17) is 22.1 Å². The summed E-state index contributed by atoms with van der Waals surface area (Å²) in [5.74, 6) is 0. The van der Waals surface area contributed by atoms with Crippen molar-refractivity contribution < 1.29 is 4.74 Å². The summed E-state index contributed by atoms with van der Waals surface area (Å²) in [6, 6.07) is 5.80. The molecule has 3 nitrogen and oxygen atoms in total. The Hall–Kier alpha value is -0.930. The molecule has 1 heterocycles. The van der Waals surface area contributed by atoms with Crippen LogP contribution in [-0.2, 0) is 4.74 Å². The molecule has 1 aliphatic heterocycles. The predicted octanol–water partition coefficient (Wildman–Crippen LogP) is 2.51. The van der Waals surface area contributed by atoms with E-state index in [0.29, 0.717) is 11.1 Å². The molecule has 1 aromatic rings. The number of ether oxygens (including phenoxy) is 1. The van der Waals surface area contributed by atoms with Gasteiger partial charge >= 0.3 is 0 Å². The maximum Gasteiger partial charge on any atom is 0.0667 e. The molecule has 0 spiro atoms. The number of hydrogen-bond acceptors (Lipinski definition) is 3. The zero-order chi connectivity index (χ0) is 10.7. The SMILES string of the molecule is Nc1ccc(Cl)cc1NC1CCCOC1. The first-order chi connectivity index (χ1) is 7.25. The Labute approximate surface area is 94.6 Å². The zero-order valence-corrected chi connectivity index (χ0v) is 9.26. The highest BCUT2D eigenvalue weighted by Crippen LogP contribution is 2.24. The average molecular weight is 227 g/mol. The number of nitrogens with two attached hydrogens (primary N) is 1. The lowest BCUT2D eigenvalue weighted by Crippen LogP contribution is -2.30. The van der Waals surface area contributed by atoms with Gasteiger partial charge in [-0.05, 0) is 31.0 Å². The van der Waals surface area contributed by atoms with Gasteiger partial charge in [0.2, 0.25) is 0 Å². The van der Waals surface area contributed by atoms with Crippen LogP contribution in [0.2, 0.25) is 5.02 Å². The zero-order valence-electron chi connectivity index (χ0n) is 8.50. The molecular weight excluding hydrogens is 212 g/mol. The van der Waals surface area contributed by atoms with Crippen LogP contribution in [0.3, 0.4) is 0 Å². The van der Waals surface area contributed by atoms with Crippen molar-refractivity contribution in [1.29, 1.82) is 0 Å². The second-order valence-corrected chi connectivity index (χ2v) is 4.23. The first-order valence-corrected chi connectivity index (χ1v) is 5.53. The van der Waals surface area contributed by atoms with Crippen LogP contribution in [0.4, 0.5) is 11.4 Å². The molecular formula is C11H15ClN2O. The van der Waals surface area contributed by atoms with Crippen LogP contribution in [-0.4, -0.2) is 19.3 Å². The van der Waals surface area contributed by atoms with Gasteiger partial charge in [-0.1, -0.05) is 11.6 Å². The van der Waals surface area contributed by atoms with E-state index < -0.39 is 0 Å². The summed E-state index contributed by atoms with van der Waals surface area (Å²) in [5, 5.41) is 4.05. The molecule has 1 atom stereocenters. The lowest BCUT2D eigenvalue weighted by Gasteiger charge is -2.24. The van der Waals surface area contributed by atoms with Gasteiger partial charge in [0.25, 0.3) is 0 Å². The van der Waals surface area contributed by atoms with Crippen molar-refractivity contribution in [2.75, 3.05) is 24.3 Å². The molecule has 0 bridgehead atoms. The van der Waals surface area contributed by atoms with E-state index in [1.165, 1.54) is 0 Å². The molecule has 0 aromatic heterocycles. The van der Waals surface area contributed by atoms with Crippen LogP contribution in [0.25, 0.3) is 0 Å². The highest BCUT2D eigenvalue weighted by molar-refractivity contribution is 6.31. The predicted molar refractivity (Wildman–Crippen MR) is 63.3 cm³/mol. The number of nitrogens with one attached hydrogen (secondary N) is 1. The standard InChI is InChI=1S/C11H15ClN2O/c12-8-3-4-10(13)11(6-8)14-9-2-1-5-15-7-9/h3-4,6,9,14H,1-2,5,7,13H2. The van der Waals surface area contributed by atoms with Crippen molar-refractivity contribution in [1.82, 2.24) is 0 Å². The lowest BCUT2D eigenvalue weighted by atomic mass is 10.1. The van der Waals surface area contributed by atoms with E-state index in [1.807, 2.05) is 12.1 Å². The van der Waals surface area contributed by atoms with Gasteiger partial charge in [-0.2, -0.15) is 0 Å². The highest BCUT2D eigenvalue weighted by Gasteiger charge is 2.14. The highest BCUT2D eigenvalue weighted by atomic mass is 35.5. The van der Waals surface area contributed by atoms with E-state index in [1.54, 1.807) is 6.07 Å². The Bertz CT molecular complexity index is 337. The van der Waals surface area contributed by atoms with Crippen LogP contribution in [0.1, 0.15) is 12.8 Å². The van der Waals surface area contributed by atoms with Crippen LogP contribution in [0.5, 0.6) is 0 Å². The molecule has 1 fully saturated rings. The Morgan fingerprint density at radius 3 is 3.07 bits per heavy atom. The van der Waals surface area contributed by atoms with Crippen molar-refractivity contribution in [3.05, 3.63) is 23.2 Å². The second-order valence-electron chi connectivity index (χ2n) is 3.79. The first-order valence-electron chi connectivity index (χ1n) is 5.15. The molecule has 1 aromatic carbocycles. The third-order valence-electron chi connectivity index (χ3n) is 2.54. The van der Waals surface area contributed by atoms with Gasteiger partial charge in [-0.25, -0.2) is 0 Å². The maximum atomic E-state index is 5.91. The van der Waals surface area contributed by atoms with Gasteiger partial charge in [-0.3, -0.25) is 0 Å². The number of halogens is 1. The molecule has 1 unspecified atom stereocenters. The topological polar surface area (TPSA) is 47.3 Å². The van der Waals surface area contributed by atoms with Gasteiger partial charge in [0.05, 0.1) is 18.0 Å². The molecule has 4 heteroatoms. The summed E-state index contributed by atoms with van der Waals surface area (Å²) in [4.78, 5) is 0. The summed E-state index contributed by atoms with van der Waals surface area (Å²) >= 11 is 5.91. The number of rotatable bonds is 2. The van der Waals surface area contributed by atoms with Crippen LogP contribution >= 0.6 is 11.6 Å². The largest absolute Gasteiger partial charge is 0.397 e. The smallest absolute Gasteiger partial charge is 0.0667 e. The Balaban J connectivity index is 2.05. The van der Waals surface area contributed by atoms with Gasteiger partial charge in [0.1, 0.15) is 0 Å². The van der Waals surface area contributed by atoms with Crippen LogP contribution < -0.4 is 11.1 Å². The van der Waals surface area contributed by atoms with Gasteiger partial charge in [-0.15, -0.1) is 0 Å². The van der Waals surface area contributed by atoms with E-state index in [-0.39, 0.29) is 0 Å². The molecule has 0 aliphatic carbocycles. The minimum absolute atomic E-state index is 0.347. The quantitative estimate of drug-likeness (QED) is 0.762. The normalized spacial score (nSPS) is 21.3. The summed E-state index contributed by atoms with van der Waals surface area (Å²) in [5.41, 5.74) is 7.47. The number of hydrogen-bond donors (Lipinski definition) is 2. The number of benzene rings is 1. The van der Waals surface area contributed by atoms with E-state index in [0.717, 1.165) is 37.4 Å². The lowest BCUT2D eigenvalue weighted by molar-refractivity contribution is 0.0876. The summed E-state index contributed by atoms with van der Waals surface area (Å²) in [7, 11) is 0. The minimum Gasteiger partial charge on any atom is -0.397 e. The maximum absolute atomic E-state index is 5.91. The third kappa shape index (κ3) is 2.76. The fourth-order valence-electron chi connectivity index (χ4n) is 1.73. The molecule has 82 valence electrons. The van der Waals surface area contributed by atoms with E-state index in [2.05, 4.69) is 5.32 Å². The molecule has 2 rings (SSSR count). The monoisotopic (exact) mass is 226 g/mol. The first kappa shape index (κ1) is 10.6. The van der Waals surface area contributed by atoms with Crippen molar-refractivity contribution in [2.24, 2.45) is 0 Å². The Morgan fingerprint density at radius 2 is 2.33 bits per heavy atom. The molecule has 0 amide bonds. The molecule has 1 saturated heterocycles. The second kappa shape index (κ2) is 4.73. The number of anilines is 2. The van der Waals surface area contributed by atoms with Crippen molar-refractivity contribution in [2.45, 2.75) is 18.9 Å². The summed E-state index contributed by atoms with van der Waals surface area (Å²) < 4.78 is 5.39. The van der Waals surface area contributed by atoms with Crippen LogP contribution in [0.15, 0.2) is 18.2 Å². The minimum atomic E-state index is 0.347.